The van der Waals surface area contributed by atoms with Crippen LogP contribution in [0.1, 0.15) is 58.6 Å². The van der Waals surface area contributed by atoms with Crippen LogP contribution in [0.2, 0.25) is 0 Å². The Bertz CT molecular complexity index is 760. The fourth-order valence-electron chi connectivity index (χ4n) is 2.54. The standard InChI is InChI=1S/C20H25NO3S/c1-6-24-20(23)18-13(4)14(5)25-19(18)21-17(22)11-15-7-9-16(10-8-15)12(2)3/h7-10,12H,6,11H2,1-5H3,(H,21,22). The van der Waals surface area contributed by atoms with E-state index in [2.05, 4.69) is 31.3 Å². The zero-order valence-corrected chi connectivity index (χ0v) is 16.3. The van der Waals surface area contributed by atoms with Crippen LogP contribution in [-0.4, -0.2) is 18.5 Å². The van der Waals surface area contributed by atoms with Crippen LogP contribution in [0.15, 0.2) is 24.3 Å². The van der Waals surface area contributed by atoms with E-state index in [9.17, 15) is 9.59 Å². The van der Waals surface area contributed by atoms with E-state index in [0.29, 0.717) is 23.1 Å². The highest BCUT2D eigenvalue weighted by atomic mass is 32.1. The lowest BCUT2D eigenvalue weighted by Crippen LogP contribution is -2.16. The highest BCUT2D eigenvalue weighted by molar-refractivity contribution is 7.16. The molecule has 0 saturated carbocycles. The highest BCUT2D eigenvalue weighted by Crippen LogP contribution is 2.33. The quantitative estimate of drug-likeness (QED) is 0.750. The van der Waals surface area contributed by atoms with Gasteiger partial charge in [0, 0.05) is 4.88 Å². The number of ether oxygens (including phenoxy) is 1. The van der Waals surface area contributed by atoms with Crippen molar-refractivity contribution in [2.75, 3.05) is 11.9 Å². The second-order valence-electron chi connectivity index (χ2n) is 6.33. The van der Waals surface area contributed by atoms with Gasteiger partial charge in [-0.15, -0.1) is 11.3 Å². The molecule has 1 heterocycles. The maximum Gasteiger partial charge on any atom is 0.341 e. The summed E-state index contributed by atoms with van der Waals surface area (Å²) in [5, 5.41) is 3.44. The van der Waals surface area contributed by atoms with Gasteiger partial charge >= 0.3 is 5.97 Å². The molecule has 1 aromatic carbocycles. The number of thiophene rings is 1. The van der Waals surface area contributed by atoms with Gasteiger partial charge in [0.15, 0.2) is 0 Å². The summed E-state index contributed by atoms with van der Waals surface area (Å²) in [7, 11) is 0. The summed E-state index contributed by atoms with van der Waals surface area (Å²) in [5.41, 5.74) is 3.52. The molecule has 2 aromatic rings. The molecule has 2 rings (SSSR count). The number of nitrogens with one attached hydrogen (secondary N) is 1. The highest BCUT2D eigenvalue weighted by Gasteiger charge is 2.22. The number of anilines is 1. The van der Waals surface area contributed by atoms with Gasteiger partial charge in [-0.1, -0.05) is 38.1 Å². The molecule has 5 heteroatoms. The Kier molecular flexibility index (Phi) is 6.37. The molecular weight excluding hydrogens is 334 g/mol. The minimum atomic E-state index is -0.388. The van der Waals surface area contributed by atoms with Gasteiger partial charge in [-0.25, -0.2) is 4.79 Å². The SMILES string of the molecule is CCOC(=O)c1c(NC(=O)Cc2ccc(C(C)C)cc2)sc(C)c1C. The fraction of sp³-hybridized carbons (Fsp3) is 0.400. The molecule has 0 spiro atoms. The van der Waals surface area contributed by atoms with E-state index in [1.807, 2.05) is 26.0 Å². The lowest BCUT2D eigenvalue weighted by atomic mass is 10.0. The van der Waals surface area contributed by atoms with E-state index < -0.39 is 0 Å². The van der Waals surface area contributed by atoms with E-state index >= 15 is 0 Å². The number of carbonyl (C=O) groups excluding carboxylic acids is 2. The molecule has 0 unspecified atom stereocenters. The molecule has 1 amide bonds. The number of amides is 1. The fourth-order valence-corrected chi connectivity index (χ4v) is 3.61. The molecule has 4 nitrogen and oxygen atoms in total. The largest absolute Gasteiger partial charge is 0.462 e. The normalized spacial score (nSPS) is 10.8. The summed E-state index contributed by atoms with van der Waals surface area (Å²) in [5.74, 6) is -0.0582. The van der Waals surface area contributed by atoms with Gasteiger partial charge in [0.25, 0.3) is 0 Å². The van der Waals surface area contributed by atoms with Gasteiger partial charge in [0.2, 0.25) is 5.91 Å². The number of hydrogen-bond donors (Lipinski definition) is 1. The van der Waals surface area contributed by atoms with E-state index in [0.717, 1.165) is 16.0 Å². The second kappa shape index (κ2) is 8.30. The Balaban J connectivity index is 2.12. The third-order valence-corrected chi connectivity index (χ3v) is 5.25. The minimum absolute atomic E-state index is 0.135. The van der Waals surface area contributed by atoms with Crippen molar-refractivity contribution in [3.05, 3.63) is 51.4 Å². The molecule has 0 aliphatic heterocycles. The average molecular weight is 359 g/mol. The molecule has 0 atom stereocenters. The van der Waals surface area contributed by atoms with Crippen LogP contribution in [0.4, 0.5) is 5.00 Å². The van der Waals surface area contributed by atoms with E-state index in [1.54, 1.807) is 6.92 Å². The van der Waals surface area contributed by atoms with Crippen LogP contribution in [0, 0.1) is 13.8 Å². The summed E-state index contributed by atoms with van der Waals surface area (Å²) in [4.78, 5) is 25.6. The summed E-state index contributed by atoms with van der Waals surface area (Å²) < 4.78 is 5.11. The first-order valence-electron chi connectivity index (χ1n) is 8.49. The van der Waals surface area contributed by atoms with E-state index in [4.69, 9.17) is 4.74 Å². The number of hydrogen-bond acceptors (Lipinski definition) is 4. The third-order valence-electron chi connectivity index (χ3n) is 4.13. The summed E-state index contributed by atoms with van der Waals surface area (Å²) in [6.07, 6.45) is 0.274. The number of benzene rings is 1. The second-order valence-corrected chi connectivity index (χ2v) is 7.55. The molecule has 0 aliphatic carbocycles. The van der Waals surface area contributed by atoms with E-state index in [1.165, 1.54) is 16.9 Å². The predicted octanol–water partition coefficient (Wildman–Crippen LogP) is 4.85. The third kappa shape index (κ3) is 4.69. The predicted molar refractivity (Wildman–Crippen MR) is 103 cm³/mol. The van der Waals surface area contributed by atoms with Crippen molar-refractivity contribution in [3.8, 4) is 0 Å². The summed E-state index contributed by atoms with van der Waals surface area (Å²) in [6.45, 7) is 10.2. The number of esters is 1. The molecule has 0 fully saturated rings. The Hall–Kier alpha value is -2.14. The van der Waals surface area contributed by atoms with Crippen LogP contribution in [0.5, 0.6) is 0 Å². The molecule has 25 heavy (non-hydrogen) atoms. The zero-order valence-electron chi connectivity index (χ0n) is 15.4. The van der Waals surface area contributed by atoms with Gasteiger partial charge < -0.3 is 10.1 Å². The zero-order chi connectivity index (χ0) is 18.6. The van der Waals surface area contributed by atoms with Crippen LogP contribution in [-0.2, 0) is 16.0 Å². The van der Waals surface area contributed by atoms with Crippen molar-refractivity contribution in [1.29, 1.82) is 0 Å². The first kappa shape index (κ1) is 19.2. The van der Waals surface area contributed by atoms with Crippen LogP contribution in [0.3, 0.4) is 0 Å². The molecule has 0 bridgehead atoms. The van der Waals surface area contributed by atoms with Gasteiger partial charge in [0.05, 0.1) is 18.6 Å². The Morgan fingerprint density at radius 1 is 1.16 bits per heavy atom. The van der Waals surface area contributed by atoms with Crippen molar-refractivity contribution >= 4 is 28.2 Å². The van der Waals surface area contributed by atoms with Crippen LogP contribution in [0.25, 0.3) is 0 Å². The average Bonchev–Trinajstić information content (AvgIpc) is 2.82. The first-order chi connectivity index (χ1) is 11.8. The number of carbonyl (C=O) groups is 2. The van der Waals surface area contributed by atoms with Crippen molar-refractivity contribution in [3.63, 3.8) is 0 Å². The maximum absolute atomic E-state index is 12.4. The first-order valence-corrected chi connectivity index (χ1v) is 9.30. The van der Waals surface area contributed by atoms with Gasteiger partial charge in [0.1, 0.15) is 5.00 Å². The van der Waals surface area contributed by atoms with Gasteiger partial charge in [-0.3, -0.25) is 4.79 Å². The molecule has 1 N–H and O–H groups in total. The molecule has 0 radical (unpaired) electrons. The van der Waals surface area contributed by atoms with Crippen molar-refractivity contribution < 1.29 is 14.3 Å². The van der Waals surface area contributed by atoms with Crippen molar-refractivity contribution in [2.24, 2.45) is 0 Å². The minimum Gasteiger partial charge on any atom is -0.462 e. The number of aryl methyl sites for hydroxylation is 1. The Morgan fingerprint density at radius 3 is 2.36 bits per heavy atom. The van der Waals surface area contributed by atoms with Crippen LogP contribution >= 0.6 is 11.3 Å². The van der Waals surface area contributed by atoms with Gasteiger partial charge in [-0.05, 0) is 43.4 Å². The number of rotatable bonds is 6. The molecular formula is C20H25NO3S. The molecule has 0 saturated heterocycles. The van der Waals surface area contributed by atoms with Crippen molar-refractivity contribution in [1.82, 2.24) is 0 Å². The topological polar surface area (TPSA) is 55.4 Å². The Morgan fingerprint density at radius 2 is 1.80 bits per heavy atom. The molecule has 134 valence electrons. The van der Waals surface area contributed by atoms with Crippen LogP contribution < -0.4 is 5.32 Å². The molecule has 1 aromatic heterocycles. The lowest BCUT2D eigenvalue weighted by Gasteiger charge is -2.09. The summed E-state index contributed by atoms with van der Waals surface area (Å²) in [6, 6.07) is 8.06. The maximum atomic E-state index is 12.4. The lowest BCUT2D eigenvalue weighted by molar-refractivity contribution is -0.115. The monoisotopic (exact) mass is 359 g/mol. The Labute approximate surface area is 153 Å². The summed E-state index contributed by atoms with van der Waals surface area (Å²) >= 11 is 1.41. The smallest absolute Gasteiger partial charge is 0.341 e. The van der Waals surface area contributed by atoms with E-state index in [-0.39, 0.29) is 18.3 Å². The molecule has 0 aliphatic rings. The van der Waals surface area contributed by atoms with Gasteiger partial charge in [-0.2, -0.15) is 0 Å². The van der Waals surface area contributed by atoms with Crippen molar-refractivity contribution in [2.45, 2.75) is 47.0 Å².